The normalized spacial score (nSPS) is 12.4. The average Bonchev–Trinajstić information content (AvgIpc) is 2.35. The van der Waals surface area contributed by atoms with Crippen molar-refractivity contribution in [2.24, 2.45) is 16.3 Å². The second kappa shape index (κ2) is 9.61. The first-order chi connectivity index (χ1) is 9.27. The molecule has 20 heavy (non-hydrogen) atoms. The maximum Gasteiger partial charge on any atom is 0.225 e. The number of nitrogens with one attached hydrogen (secondary N) is 3. The van der Waals surface area contributed by atoms with Crippen molar-refractivity contribution in [2.45, 2.75) is 47.5 Å². The summed E-state index contributed by atoms with van der Waals surface area (Å²) in [5, 5.41) is 9.36. The highest BCUT2D eigenvalue weighted by Crippen LogP contribution is 2.11. The number of guanidine groups is 1. The van der Waals surface area contributed by atoms with Crippen LogP contribution in [0.25, 0.3) is 0 Å². The van der Waals surface area contributed by atoms with Crippen molar-refractivity contribution < 1.29 is 4.79 Å². The topological polar surface area (TPSA) is 65.5 Å². The lowest BCUT2D eigenvalue weighted by Gasteiger charge is -2.18. The number of hydrogen-bond donors (Lipinski definition) is 3. The van der Waals surface area contributed by atoms with Crippen LogP contribution >= 0.6 is 0 Å². The molecule has 0 aliphatic heterocycles. The summed E-state index contributed by atoms with van der Waals surface area (Å²) in [6.45, 7) is 12.4. The van der Waals surface area contributed by atoms with Crippen LogP contribution in [0, 0.1) is 11.3 Å². The van der Waals surface area contributed by atoms with E-state index in [1.54, 1.807) is 7.05 Å². The summed E-state index contributed by atoms with van der Waals surface area (Å²) >= 11 is 0. The Morgan fingerprint density at radius 1 is 1.05 bits per heavy atom. The quantitative estimate of drug-likeness (QED) is 0.379. The first-order valence-electron chi connectivity index (χ1n) is 7.50. The molecule has 3 N–H and O–H groups in total. The minimum absolute atomic E-state index is 0.0687. The van der Waals surface area contributed by atoms with Crippen molar-refractivity contribution in [3.63, 3.8) is 0 Å². The van der Waals surface area contributed by atoms with Crippen LogP contribution in [-0.4, -0.2) is 38.5 Å². The molecule has 5 heteroatoms. The van der Waals surface area contributed by atoms with Crippen molar-refractivity contribution in [3.8, 4) is 0 Å². The molecule has 0 unspecified atom stereocenters. The molecule has 0 bridgehead atoms. The number of carbonyl (C=O) groups is 1. The monoisotopic (exact) mass is 284 g/mol. The Balaban J connectivity index is 3.74. The lowest BCUT2D eigenvalue weighted by atomic mass is 9.96. The summed E-state index contributed by atoms with van der Waals surface area (Å²) < 4.78 is 0. The number of nitrogens with zero attached hydrogens (tertiary/aromatic N) is 1. The molecule has 0 aromatic rings. The van der Waals surface area contributed by atoms with Gasteiger partial charge in [-0.2, -0.15) is 0 Å². The number of amides is 1. The molecule has 118 valence electrons. The van der Waals surface area contributed by atoms with Gasteiger partial charge in [0.1, 0.15) is 0 Å². The lowest BCUT2D eigenvalue weighted by molar-refractivity contribution is -0.128. The zero-order valence-electron chi connectivity index (χ0n) is 14.0. The van der Waals surface area contributed by atoms with Crippen LogP contribution in [0.5, 0.6) is 0 Å². The summed E-state index contributed by atoms with van der Waals surface area (Å²) in [5.74, 6) is 1.59. The summed E-state index contributed by atoms with van der Waals surface area (Å²) in [6.07, 6.45) is 2.35. The van der Waals surface area contributed by atoms with Crippen LogP contribution in [-0.2, 0) is 4.79 Å². The molecular formula is C15H32N4O. The SMILES string of the molecule is CN=C(NCCCC(C)C)NCCNC(=O)C(C)(C)C. The lowest BCUT2D eigenvalue weighted by Crippen LogP contribution is -2.43. The summed E-state index contributed by atoms with van der Waals surface area (Å²) in [5.41, 5.74) is -0.337. The number of rotatable bonds is 7. The molecule has 0 rings (SSSR count). The van der Waals surface area contributed by atoms with Crippen molar-refractivity contribution in [3.05, 3.63) is 0 Å². The molecule has 1 amide bonds. The number of aliphatic imine (C=N–C) groups is 1. The Hall–Kier alpha value is -1.26. The molecule has 0 aliphatic rings. The predicted octanol–water partition coefficient (Wildman–Crippen LogP) is 1.75. The molecule has 0 spiro atoms. The van der Waals surface area contributed by atoms with Gasteiger partial charge in [0, 0.05) is 32.1 Å². The zero-order chi connectivity index (χ0) is 15.6. The predicted molar refractivity (Wildman–Crippen MR) is 85.9 cm³/mol. The molecule has 0 fully saturated rings. The fourth-order valence-corrected chi connectivity index (χ4v) is 1.56. The third-order valence-corrected chi connectivity index (χ3v) is 2.86. The summed E-state index contributed by atoms with van der Waals surface area (Å²) in [6, 6.07) is 0. The molecule has 0 saturated heterocycles. The van der Waals surface area contributed by atoms with E-state index >= 15 is 0 Å². The van der Waals surface area contributed by atoms with Crippen LogP contribution in [0.4, 0.5) is 0 Å². The van der Waals surface area contributed by atoms with Gasteiger partial charge in [0.05, 0.1) is 0 Å². The van der Waals surface area contributed by atoms with E-state index in [0.29, 0.717) is 13.1 Å². The van der Waals surface area contributed by atoms with E-state index in [1.165, 1.54) is 6.42 Å². The van der Waals surface area contributed by atoms with E-state index in [0.717, 1.165) is 24.8 Å². The van der Waals surface area contributed by atoms with Gasteiger partial charge in [0.15, 0.2) is 5.96 Å². The standard InChI is InChI=1S/C15H32N4O/c1-12(2)8-7-9-18-14(16-6)19-11-10-17-13(20)15(3,4)5/h12H,7-11H2,1-6H3,(H,17,20)(H2,16,18,19). The first-order valence-corrected chi connectivity index (χ1v) is 7.50. The molecule has 0 aliphatic carbocycles. The third-order valence-electron chi connectivity index (χ3n) is 2.86. The fraction of sp³-hybridized carbons (Fsp3) is 0.867. The molecule has 0 radical (unpaired) electrons. The van der Waals surface area contributed by atoms with Gasteiger partial charge in [-0.25, -0.2) is 0 Å². The second-order valence-corrected chi connectivity index (χ2v) is 6.47. The maximum atomic E-state index is 11.7. The van der Waals surface area contributed by atoms with Crippen LogP contribution in [0.2, 0.25) is 0 Å². The van der Waals surface area contributed by atoms with E-state index in [9.17, 15) is 4.79 Å². The molecule has 5 nitrogen and oxygen atoms in total. The highest BCUT2D eigenvalue weighted by atomic mass is 16.2. The Morgan fingerprint density at radius 3 is 2.10 bits per heavy atom. The van der Waals surface area contributed by atoms with E-state index in [4.69, 9.17) is 0 Å². The molecule has 0 saturated carbocycles. The molecule has 0 atom stereocenters. The van der Waals surface area contributed by atoms with Crippen molar-refractivity contribution >= 4 is 11.9 Å². The second-order valence-electron chi connectivity index (χ2n) is 6.47. The van der Waals surface area contributed by atoms with Crippen LogP contribution in [0.15, 0.2) is 4.99 Å². The number of carbonyl (C=O) groups excluding carboxylic acids is 1. The van der Waals surface area contributed by atoms with Gasteiger partial charge < -0.3 is 16.0 Å². The van der Waals surface area contributed by atoms with Gasteiger partial charge in [-0.05, 0) is 18.8 Å². The fourth-order valence-electron chi connectivity index (χ4n) is 1.56. The minimum atomic E-state index is -0.337. The van der Waals surface area contributed by atoms with E-state index in [1.807, 2.05) is 20.8 Å². The van der Waals surface area contributed by atoms with E-state index in [-0.39, 0.29) is 11.3 Å². The van der Waals surface area contributed by atoms with Gasteiger partial charge in [-0.3, -0.25) is 9.79 Å². The van der Waals surface area contributed by atoms with Gasteiger partial charge in [-0.15, -0.1) is 0 Å². The average molecular weight is 284 g/mol. The van der Waals surface area contributed by atoms with E-state index in [2.05, 4.69) is 34.8 Å². The highest BCUT2D eigenvalue weighted by Gasteiger charge is 2.20. The third kappa shape index (κ3) is 9.64. The van der Waals surface area contributed by atoms with Crippen molar-refractivity contribution in [1.82, 2.24) is 16.0 Å². The number of hydrogen-bond acceptors (Lipinski definition) is 2. The maximum absolute atomic E-state index is 11.7. The van der Waals surface area contributed by atoms with Crippen LogP contribution < -0.4 is 16.0 Å². The summed E-state index contributed by atoms with van der Waals surface area (Å²) in [4.78, 5) is 15.8. The Bertz CT molecular complexity index is 305. The van der Waals surface area contributed by atoms with Gasteiger partial charge >= 0.3 is 0 Å². The first kappa shape index (κ1) is 18.7. The Morgan fingerprint density at radius 2 is 1.60 bits per heavy atom. The van der Waals surface area contributed by atoms with Gasteiger partial charge in [0.25, 0.3) is 0 Å². The molecule has 0 aromatic heterocycles. The van der Waals surface area contributed by atoms with Crippen molar-refractivity contribution in [2.75, 3.05) is 26.7 Å². The largest absolute Gasteiger partial charge is 0.356 e. The van der Waals surface area contributed by atoms with Crippen LogP contribution in [0.1, 0.15) is 47.5 Å². The smallest absolute Gasteiger partial charge is 0.225 e. The highest BCUT2D eigenvalue weighted by molar-refractivity contribution is 5.81. The Kier molecular flexibility index (Phi) is 9.01. The molecule has 0 aromatic carbocycles. The molecular weight excluding hydrogens is 252 g/mol. The summed E-state index contributed by atoms with van der Waals surface area (Å²) in [7, 11) is 1.76. The zero-order valence-corrected chi connectivity index (χ0v) is 14.0. The van der Waals surface area contributed by atoms with Gasteiger partial charge in [0.2, 0.25) is 5.91 Å². The Labute approximate surface area is 124 Å². The molecule has 0 heterocycles. The van der Waals surface area contributed by atoms with E-state index < -0.39 is 0 Å². The van der Waals surface area contributed by atoms with Crippen LogP contribution in [0.3, 0.4) is 0 Å². The minimum Gasteiger partial charge on any atom is -0.356 e. The van der Waals surface area contributed by atoms with Gasteiger partial charge in [-0.1, -0.05) is 34.6 Å². The van der Waals surface area contributed by atoms with Crippen molar-refractivity contribution in [1.29, 1.82) is 0 Å².